The van der Waals surface area contributed by atoms with Gasteiger partial charge in [0.25, 0.3) is 0 Å². The SMILES string of the molecule is COc1ccc(NC(=O)N[C@H]2CC(=O)N(c3ccccc3)C2)c(OC)c1. The monoisotopic (exact) mass is 355 g/mol. The Balaban J connectivity index is 1.62. The number of methoxy groups -OCH3 is 2. The van der Waals surface area contributed by atoms with E-state index in [0.29, 0.717) is 23.7 Å². The highest BCUT2D eigenvalue weighted by Gasteiger charge is 2.31. The van der Waals surface area contributed by atoms with E-state index in [0.717, 1.165) is 5.69 Å². The van der Waals surface area contributed by atoms with Crippen LogP contribution in [0.3, 0.4) is 0 Å². The van der Waals surface area contributed by atoms with Gasteiger partial charge in [0.2, 0.25) is 5.91 Å². The highest BCUT2D eigenvalue weighted by atomic mass is 16.5. The Kier molecular flexibility index (Phi) is 5.26. The molecule has 1 atom stereocenters. The molecule has 7 nitrogen and oxygen atoms in total. The number of amides is 3. The summed E-state index contributed by atoms with van der Waals surface area (Å²) in [7, 11) is 3.08. The molecule has 2 N–H and O–H groups in total. The molecule has 2 aromatic rings. The second kappa shape index (κ2) is 7.77. The summed E-state index contributed by atoms with van der Waals surface area (Å²) in [6, 6.07) is 13.9. The molecule has 2 aromatic carbocycles. The lowest BCUT2D eigenvalue weighted by Gasteiger charge is -2.18. The van der Waals surface area contributed by atoms with Gasteiger partial charge in [0, 0.05) is 24.7 Å². The topological polar surface area (TPSA) is 79.9 Å². The van der Waals surface area contributed by atoms with Gasteiger partial charge in [0.05, 0.1) is 25.9 Å². The molecule has 1 aliphatic heterocycles. The minimum absolute atomic E-state index is 0.0106. The molecule has 0 aliphatic carbocycles. The normalized spacial score (nSPS) is 16.3. The maximum absolute atomic E-state index is 12.3. The number of rotatable bonds is 5. The predicted molar refractivity (Wildman–Crippen MR) is 98.9 cm³/mol. The van der Waals surface area contributed by atoms with E-state index in [9.17, 15) is 9.59 Å². The maximum Gasteiger partial charge on any atom is 0.319 e. The second-order valence-corrected chi connectivity index (χ2v) is 5.91. The fourth-order valence-electron chi connectivity index (χ4n) is 2.91. The van der Waals surface area contributed by atoms with Crippen LogP contribution in [0, 0.1) is 0 Å². The van der Waals surface area contributed by atoms with Crippen LogP contribution in [-0.4, -0.2) is 38.7 Å². The second-order valence-electron chi connectivity index (χ2n) is 5.91. The zero-order chi connectivity index (χ0) is 18.5. The third-order valence-electron chi connectivity index (χ3n) is 4.19. The molecular formula is C19H21N3O4. The Morgan fingerprint density at radius 1 is 1.12 bits per heavy atom. The van der Waals surface area contributed by atoms with Crippen LogP contribution >= 0.6 is 0 Å². The lowest BCUT2D eigenvalue weighted by Crippen LogP contribution is -2.39. The van der Waals surface area contributed by atoms with Crippen molar-refractivity contribution in [2.75, 3.05) is 31.0 Å². The fraction of sp³-hybridized carbons (Fsp3) is 0.263. The summed E-state index contributed by atoms with van der Waals surface area (Å²) in [5, 5.41) is 5.59. The van der Waals surface area contributed by atoms with Crippen LogP contribution in [0.5, 0.6) is 11.5 Å². The summed E-state index contributed by atoms with van der Waals surface area (Å²) in [5.41, 5.74) is 1.36. The van der Waals surface area contributed by atoms with Gasteiger partial charge in [0.1, 0.15) is 11.5 Å². The summed E-state index contributed by atoms with van der Waals surface area (Å²) < 4.78 is 10.4. The number of urea groups is 1. The van der Waals surface area contributed by atoms with Crippen LogP contribution in [0.4, 0.5) is 16.2 Å². The van der Waals surface area contributed by atoms with E-state index in [1.807, 2.05) is 30.3 Å². The van der Waals surface area contributed by atoms with Crippen molar-refractivity contribution >= 4 is 23.3 Å². The average molecular weight is 355 g/mol. The van der Waals surface area contributed by atoms with Crippen molar-refractivity contribution < 1.29 is 19.1 Å². The third-order valence-corrected chi connectivity index (χ3v) is 4.19. The number of carbonyl (C=O) groups excluding carboxylic acids is 2. The Morgan fingerprint density at radius 3 is 2.58 bits per heavy atom. The summed E-state index contributed by atoms with van der Waals surface area (Å²) in [6.07, 6.45) is 0.266. The van der Waals surface area contributed by atoms with Crippen molar-refractivity contribution in [1.29, 1.82) is 0 Å². The van der Waals surface area contributed by atoms with E-state index >= 15 is 0 Å². The Bertz CT molecular complexity index is 795. The molecule has 1 fully saturated rings. The molecule has 7 heteroatoms. The number of hydrogen-bond acceptors (Lipinski definition) is 4. The zero-order valence-corrected chi connectivity index (χ0v) is 14.7. The molecule has 136 valence electrons. The summed E-state index contributed by atoms with van der Waals surface area (Å²) >= 11 is 0. The molecule has 0 saturated carbocycles. The van der Waals surface area contributed by atoms with E-state index in [1.165, 1.54) is 7.11 Å². The third kappa shape index (κ3) is 3.88. The van der Waals surface area contributed by atoms with Crippen LogP contribution < -0.4 is 25.0 Å². The molecule has 0 unspecified atom stereocenters. The number of nitrogens with zero attached hydrogens (tertiary/aromatic N) is 1. The van der Waals surface area contributed by atoms with Gasteiger partial charge in [-0.2, -0.15) is 0 Å². The van der Waals surface area contributed by atoms with E-state index in [1.54, 1.807) is 30.2 Å². The molecule has 1 heterocycles. The first kappa shape index (κ1) is 17.6. The first-order chi connectivity index (χ1) is 12.6. The number of anilines is 2. The van der Waals surface area contributed by atoms with E-state index in [-0.39, 0.29) is 24.4 Å². The first-order valence-corrected chi connectivity index (χ1v) is 8.25. The van der Waals surface area contributed by atoms with Crippen molar-refractivity contribution in [3.8, 4) is 11.5 Å². The summed E-state index contributed by atoms with van der Waals surface area (Å²) in [6.45, 7) is 0.440. The lowest BCUT2D eigenvalue weighted by molar-refractivity contribution is -0.117. The number of hydrogen-bond donors (Lipinski definition) is 2. The summed E-state index contributed by atoms with van der Waals surface area (Å²) in [5.74, 6) is 1.11. The van der Waals surface area contributed by atoms with Gasteiger partial charge in [-0.3, -0.25) is 4.79 Å². The van der Waals surface area contributed by atoms with Gasteiger partial charge in [-0.15, -0.1) is 0 Å². The maximum atomic E-state index is 12.3. The molecule has 1 aliphatic rings. The Labute approximate surface area is 151 Å². The molecule has 0 radical (unpaired) electrons. The molecule has 26 heavy (non-hydrogen) atoms. The van der Waals surface area contributed by atoms with Crippen LogP contribution in [-0.2, 0) is 4.79 Å². The predicted octanol–water partition coefficient (Wildman–Crippen LogP) is 2.63. The number of benzene rings is 2. The number of ether oxygens (including phenoxy) is 2. The van der Waals surface area contributed by atoms with Crippen LogP contribution in [0.1, 0.15) is 6.42 Å². The molecule has 3 rings (SSSR count). The first-order valence-electron chi connectivity index (χ1n) is 8.25. The minimum Gasteiger partial charge on any atom is -0.497 e. The van der Waals surface area contributed by atoms with Crippen LogP contribution in [0.2, 0.25) is 0 Å². The largest absolute Gasteiger partial charge is 0.497 e. The minimum atomic E-state index is -0.388. The standard InChI is InChI=1S/C19H21N3O4/c1-25-15-8-9-16(17(11-15)26-2)21-19(24)20-13-10-18(23)22(12-13)14-6-4-3-5-7-14/h3-9,11,13H,10,12H2,1-2H3,(H2,20,21,24)/t13-/m0/s1. The van der Waals surface area contributed by atoms with Crippen molar-refractivity contribution in [3.63, 3.8) is 0 Å². The number of nitrogens with one attached hydrogen (secondary N) is 2. The van der Waals surface area contributed by atoms with Gasteiger partial charge >= 0.3 is 6.03 Å². The lowest BCUT2D eigenvalue weighted by atomic mass is 10.2. The Morgan fingerprint density at radius 2 is 1.88 bits per heavy atom. The Hall–Kier alpha value is -3.22. The van der Waals surface area contributed by atoms with Gasteiger partial charge < -0.3 is 25.0 Å². The van der Waals surface area contributed by atoms with E-state index in [2.05, 4.69) is 10.6 Å². The van der Waals surface area contributed by atoms with Gasteiger partial charge in [-0.1, -0.05) is 18.2 Å². The molecular weight excluding hydrogens is 334 g/mol. The number of para-hydroxylation sites is 1. The van der Waals surface area contributed by atoms with E-state index < -0.39 is 0 Å². The molecule has 0 spiro atoms. The summed E-state index contributed by atoms with van der Waals surface area (Å²) in [4.78, 5) is 26.2. The van der Waals surface area contributed by atoms with Crippen molar-refractivity contribution in [3.05, 3.63) is 48.5 Å². The number of carbonyl (C=O) groups is 2. The molecule has 1 saturated heterocycles. The quantitative estimate of drug-likeness (QED) is 0.864. The van der Waals surface area contributed by atoms with Crippen molar-refractivity contribution in [2.24, 2.45) is 0 Å². The van der Waals surface area contributed by atoms with Crippen molar-refractivity contribution in [1.82, 2.24) is 5.32 Å². The van der Waals surface area contributed by atoms with Gasteiger partial charge in [0.15, 0.2) is 0 Å². The zero-order valence-electron chi connectivity index (χ0n) is 14.7. The smallest absolute Gasteiger partial charge is 0.319 e. The van der Waals surface area contributed by atoms with Gasteiger partial charge in [-0.25, -0.2) is 4.79 Å². The van der Waals surface area contributed by atoms with Gasteiger partial charge in [-0.05, 0) is 24.3 Å². The molecule has 0 aromatic heterocycles. The van der Waals surface area contributed by atoms with Crippen molar-refractivity contribution in [2.45, 2.75) is 12.5 Å². The highest BCUT2D eigenvalue weighted by molar-refractivity contribution is 5.97. The van der Waals surface area contributed by atoms with Crippen LogP contribution in [0.15, 0.2) is 48.5 Å². The average Bonchev–Trinajstić information content (AvgIpc) is 3.02. The fourth-order valence-corrected chi connectivity index (χ4v) is 2.91. The molecule has 0 bridgehead atoms. The highest BCUT2D eigenvalue weighted by Crippen LogP contribution is 2.29. The van der Waals surface area contributed by atoms with E-state index in [4.69, 9.17) is 9.47 Å². The van der Waals surface area contributed by atoms with Crippen LogP contribution in [0.25, 0.3) is 0 Å². The molecule has 3 amide bonds.